The maximum atomic E-state index is 12.7. The summed E-state index contributed by atoms with van der Waals surface area (Å²) in [6, 6.07) is 34.3. The topological polar surface area (TPSA) is 190 Å². The molecule has 6 aromatic carbocycles. The van der Waals surface area contributed by atoms with Crippen LogP contribution in [0.2, 0.25) is 0 Å². The number of benzene rings is 6. The van der Waals surface area contributed by atoms with Gasteiger partial charge in [0.05, 0.1) is 34.0 Å². The third kappa shape index (κ3) is 14.0. The minimum Gasteiger partial charge on any atom is -0.744 e. The molecule has 1 aromatic heterocycles. The summed E-state index contributed by atoms with van der Waals surface area (Å²) in [6.45, 7) is 4.56. The third-order valence-corrected chi connectivity index (χ3v) is 14.0. The van der Waals surface area contributed by atoms with E-state index in [4.69, 9.17) is 15.5 Å². The molecule has 0 atom stereocenters. The van der Waals surface area contributed by atoms with Crippen molar-refractivity contribution < 1.29 is 35.2 Å². The molecule has 0 fully saturated rings. The van der Waals surface area contributed by atoms with Crippen LogP contribution in [0, 0.1) is 0 Å². The number of anilines is 4. The third-order valence-electron chi connectivity index (χ3n) is 12.2. The summed E-state index contributed by atoms with van der Waals surface area (Å²) in [7, 11) is -8.51. The molecule has 0 amide bonds. The number of unbranched alkanes of at least 4 members (excludes halogenated alkanes) is 12. The van der Waals surface area contributed by atoms with Gasteiger partial charge < -0.3 is 30.2 Å². The van der Waals surface area contributed by atoms with Gasteiger partial charge in [0, 0.05) is 46.8 Å². The highest BCUT2D eigenvalue weighted by Gasteiger charge is 2.27. The number of nitrogens with two attached hydrogens (primary N) is 1. The van der Waals surface area contributed by atoms with Crippen LogP contribution in [0.3, 0.4) is 0 Å². The van der Waals surface area contributed by atoms with Gasteiger partial charge in [-0.05, 0) is 49.2 Å². The van der Waals surface area contributed by atoms with Crippen molar-refractivity contribution in [3.63, 3.8) is 0 Å². The van der Waals surface area contributed by atoms with E-state index in [0.717, 1.165) is 0 Å². The van der Waals surface area contributed by atoms with Gasteiger partial charge in [0.25, 0.3) is 0 Å². The van der Waals surface area contributed by atoms with E-state index >= 15 is 0 Å². The van der Waals surface area contributed by atoms with Gasteiger partial charge >= 0.3 is 0 Å². The zero-order valence-electron chi connectivity index (χ0n) is 39.6. The van der Waals surface area contributed by atoms with Crippen molar-refractivity contribution >= 4 is 75.8 Å². The second kappa shape index (κ2) is 25.1. The molecule has 7 aromatic rings. The molecular formula is C54H66N5O7S2-. The molecule has 4 N–H and O–H groups in total. The first kappa shape index (κ1) is 51.7. The smallest absolute Gasteiger partial charge is 0.240 e. The highest BCUT2D eigenvalue weighted by atomic mass is 32.2. The Morgan fingerprint density at radius 3 is 1.72 bits per heavy atom. The average Bonchev–Trinajstić information content (AvgIpc) is 3.33. The van der Waals surface area contributed by atoms with Crippen LogP contribution in [0.25, 0.3) is 38.5 Å². The van der Waals surface area contributed by atoms with Crippen LogP contribution in [-0.2, 0) is 20.2 Å². The highest BCUT2D eigenvalue weighted by molar-refractivity contribution is 7.86. The Balaban J connectivity index is 0.000000323. The summed E-state index contributed by atoms with van der Waals surface area (Å²) in [5, 5.41) is 6.76. The molecule has 68 heavy (non-hydrogen) atoms. The van der Waals surface area contributed by atoms with Crippen molar-refractivity contribution in [2.45, 2.75) is 132 Å². The number of ether oxygens (including phenoxy) is 1. The summed E-state index contributed by atoms with van der Waals surface area (Å²) < 4.78 is 82.9. The summed E-state index contributed by atoms with van der Waals surface area (Å²) in [4.78, 5) is 3.81. The van der Waals surface area contributed by atoms with E-state index in [1.54, 1.807) is 48.5 Å². The molecule has 14 heteroatoms. The van der Waals surface area contributed by atoms with Crippen molar-refractivity contribution in [3.05, 3.63) is 121 Å². The first-order valence-electron chi connectivity index (χ1n) is 24.1. The normalized spacial score (nSPS) is 11.8. The number of nitrogens with zero attached hydrogens (tertiary/aromatic N) is 2. The Morgan fingerprint density at radius 1 is 0.588 bits per heavy atom. The molecule has 0 radical (unpaired) electrons. The summed E-state index contributed by atoms with van der Waals surface area (Å²) in [5.41, 5.74) is 9.58. The quantitative estimate of drug-likeness (QED) is 0.0172. The number of aromatic nitrogens is 2. The van der Waals surface area contributed by atoms with Gasteiger partial charge in [-0.1, -0.05) is 164 Å². The molecule has 0 aliphatic rings. The van der Waals surface area contributed by atoms with Crippen molar-refractivity contribution in [2.75, 3.05) is 17.7 Å². The zero-order chi connectivity index (χ0) is 48.5. The number of rotatable bonds is 24. The lowest BCUT2D eigenvalue weighted by molar-refractivity contribution is -0.538. The Bertz CT molecular complexity index is 2940. The largest absolute Gasteiger partial charge is 0.744 e. The summed E-state index contributed by atoms with van der Waals surface area (Å²) >= 11 is 0. The minimum absolute atomic E-state index is 0.00371. The molecule has 0 spiro atoms. The fourth-order valence-corrected chi connectivity index (χ4v) is 10.0. The predicted molar refractivity (Wildman–Crippen MR) is 273 cm³/mol. The molecule has 12 nitrogen and oxygen atoms in total. The molecule has 0 aliphatic carbocycles. The Morgan fingerprint density at radius 2 is 1.13 bits per heavy atom. The van der Waals surface area contributed by atoms with Crippen LogP contribution in [0.1, 0.15) is 117 Å². The summed E-state index contributed by atoms with van der Waals surface area (Å²) in [5.74, 6) is 0.423. The number of hydrogen-bond acceptors (Lipinski definition) is 11. The van der Waals surface area contributed by atoms with Gasteiger partial charge in [-0.15, -0.1) is 4.57 Å². The van der Waals surface area contributed by atoms with E-state index in [1.807, 2.05) is 53.1 Å². The molecule has 1 heterocycles. The van der Waals surface area contributed by atoms with E-state index < -0.39 is 30.0 Å². The summed E-state index contributed by atoms with van der Waals surface area (Å²) in [6.07, 6.45) is 22.1. The second-order valence-corrected chi connectivity index (χ2v) is 20.1. The minimum atomic E-state index is -5.04. The van der Waals surface area contributed by atoms with Crippen LogP contribution >= 0.6 is 0 Å². The molecule has 0 saturated carbocycles. The number of fused-ring (bicyclic) bond motifs is 4. The molecule has 7 rings (SSSR count). The number of nitrogens with one attached hydrogen (secondary N) is 2. The van der Waals surface area contributed by atoms with Crippen molar-refractivity contribution in [1.82, 2.24) is 4.98 Å². The van der Waals surface area contributed by atoms with Crippen molar-refractivity contribution in [1.29, 1.82) is 0 Å². The van der Waals surface area contributed by atoms with Gasteiger partial charge in [0.2, 0.25) is 16.7 Å². The fraction of sp³-hybridized carbons (Fsp3) is 0.370. The Hall–Kier alpha value is -5.64. The van der Waals surface area contributed by atoms with E-state index in [2.05, 4.69) is 24.5 Å². The standard InChI is InChI=1S/C35H26N4O7S2.C19H41N/c1-46-31-17-9-8-16-25(31)37-27-19-29-26(21-33(27)48(43,44)45)38-35-24-15-10-18-32(47(40,41)42)34(24)28(36-22-11-4-2-5-12-22)20-30(35)39(29)23-13-6-3-7-14-23;1-3-5-7-9-11-13-15-17-19(20)18-16-14-12-10-8-6-4-2/h2-21H,1H3,(H3,36,37,40,41,42,43,44,45);19H,3-18,20H2,1-2H3/p-1. The maximum Gasteiger partial charge on any atom is 0.240 e. The van der Waals surface area contributed by atoms with Gasteiger partial charge in [-0.25, -0.2) is 21.8 Å². The Labute approximate surface area is 402 Å². The number of para-hydroxylation sites is 4. The van der Waals surface area contributed by atoms with E-state index in [-0.39, 0.29) is 22.1 Å². The van der Waals surface area contributed by atoms with Crippen LogP contribution in [0.4, 0.5) is 22.7 Å². The van der Waals surface area contributed by atoms with Gasteiger partial charge in [0.15, 0.2) is 0 Å². The number of methoxy groups -OCH3 is 1. The van der Waals surface area contributed by atoms with Crippen molar-refractivity contribution in [3.8, 4) is 11.4 Å². The highest BCUT2D eigenvalue weighted by Crippen LogP contribution is 2.39. The maximum absolute atomic E-state index is 12.7. The van der Waals surface area contributed by atoms with Crippen LogP contribution in [0.15, 0.2) is 131 Å². The van der Waals surface area contributed by atoms with E-state index in [9.17, 15) is 25.9 Å². The first-order chi connectivity index (χ1) is 32.8. The fourth-order valence-electron chi connectivity index (χ4n) is 8.69. The van der Waals surface area contributed by atoms with E-state index in [1.165, 1.54) is 134 Å². The predicted octanol–water partition coefficient (Wildman–Crippen LogP) is 12.7. The zero-order valence-corrected chi connectivity index (χ0v) is 41.2. The SMILES string of the molecule is CCCCCCCCCC(N)CCCCCCCCC.COc1ccccc1Nc1cc2c(cc1S(=O)(=O)[O-])nc1c3cccc(S(=O)(=O)[O-])c3c(Nc3ccccc3)cc1[n+]2-c1ccccc1. The van der Waals surface area contributed by atoms with Crippen LogP contribution in [0.5, 0.6) is 5.75 Å². The van der Waals surface area contributed by atoms with Gasteiger partial charge in [0.1, 0.15) is 37.0 Å². The van der Waals surface area contributed by atoms with Gasteiger partial charge in [-0.3, -0.25) is 0 Å². The second-order valence-electron chi connectivity index (χ2n) is 17.4. The van der Waals surface area contributed by atoms with Crippen molar-refractivity contribution in [2.24, 2.45) is 5.73 Å². The monoisotopic (exact) mass is 960 g/mol. The lowest BCUT2D eigenvalue weighted by Gasteiger charge is -2.19. The molecule has 0 saturated heterocycles. The molecule has 0 unspecified atom stereocenters. The Kier molecular flexibility index (Phi) is 19.1. The molecular weight excluding hydrogens is 895 g/mol. The van der Waals surface area contributed by atoms with Crippen LogP contribution in [-0.4, -0.2) is 44.1 Å². The van der Waals surface area contributed by atoms with E-state index in [0.29, 0.717) is 51.0 Å². The average molecular weight is 961 g/mol. The lowest BCUT2D eigenvalue weighted by atomic mass is 10.0. The van der Waals surface area contributed by atoms with Gasteiger partial charge in [-0.2, -0.15) is 0 Å². The molecule has 0 bridgehead atoms. The first-order valence-corrected chi connectivity index (χ1v) is 26.9. The van der Waals surface area contributed by atoms with Crippen LogP contribution < -0.4 is 25.7 Å². The number of hydrogen-bond donors (Lipinski definition) is 3. The lowest BCUT2D eigenvalue weighted by Crippen LogP contribution is -2.33. The molecule has 362 valence electrons. The molecule has 0 aliphatic heterocycles.